The smallest absolute Gasteiger partial charge is 0.248 e. The van der Waals surface area contributed by atoms with Gasteiger partial charge in [0.15, 0.2) is 15.0 Å². The molecule has 3 fully saturated rings. The Balaban J connectivity index is 1.55. The lowest BCUT2D eigenvalue weighted by Crippen LogP contribution is -2.37. The summed E-state index contributed by atoms with van der Waals surface area (Å²) in [5.74, 6) is 0.853. The summed E-state index contributed by atoms with van der Waals surface area (Å²) in [7, 11) is 0.913. The third kappa shape index (κ3) is 4.63. The number of amides is 1. The van der Waals surface area contributed by atoms with E-state index in [1.165, 1.54) is 37.4 Å². The van der Waals surface area contributed by atoms with E-state index in [0.29, 0.717) is 17.5 Å². The predicted molar refractivity (Wildman–Crippen MR) is 121 cm³/mol. The van der Waals surface area contributed by atoms with Crippen LogP contribution in [0, 0.1) is 5.92 Å². The number of sulfone groups is 1. The second-order valence-corrected chi connectivity index (χ2v) is 11.9. The van der Waals surface area contributed by atoms with E-state index in [4.69, 9.17) is 0 Å². The van der Waals surface area contributed by atoms with Gasteiger partial charge in [0.25, 0.3) is 0 Å². The number of carbonyl (C=O) groups excluding carboxylic acids is 1. The van der Waals surface area contributed by atoms with Crippen LogP contribution < -0.4 is 9.80 Å². The first kappa shape index (κ1) is 20.7. The number of rotatable bonds is 5. The predicted octanol–water partition coefficient (Wildman–Crippen LogP) is 3.32. The highest BCUT2D eigenvalue weighted by Crippen LogP contribution is 2.41. The average Bonchev–Trinajstić information content (AvgIpc) is 3.34. The molecule has 1 amide bonds. The van der Waals surface area contributed by atoms with Gasteiger partial charge in [-0.25, -0.2) is 8.42 Å². The number of fused-ring (bicyclic) bond motifs is 1. The minimum Gasteiger partial charge on any atom is -0.378 e. The van der Waals surface area contributed by atoms with Crippen molar-refractivity contribution in [1.29, 1.82) is 0 Å². The minimum atomic E-state index is -3.05. The number of hydrogen-bond donors (Lipinski definition) is 0. The second-order valence-electron chi connectivity index (χ2n) is 8.56. The molecule has 8 heteroatoms. The van der Waals surface area contributed by atoms with Gasteiger partial charge in [-0.15, -0.1) is 0 Å². The van der Waals surface area contributed by atoms with Gasteiger partial charge in [0.1, 0.15) is 0 Å². The number of anilines is 2. The highest BCUT2D eigenvalue weighted by molar-refractivity contribution is 8.16. The molecule has 0 bridgehead atoms. The largest absolute Gasteiger partial charge is 0.378 e. The Kier molecular flexibility index (Phi) is 5.93. The number of nitrogens with zero attached hydrogens (tertiary/aromatic N) is 3. The van der Waals surface area contributed by atoms with Crippen molar-refractivity contribution < 1.29 is 13.2 Å². The summed E-state index contributed by atoms with van der Waals surface area (Å²) in [4.78, 5) is 21.0. The molecule has 0 spiro atoms. The van der Waals surface area contributed by atoms with Gasteiger partial charge in [0.05, 0.1) is 17.5 Å². The van der Waals surface area contributed by atoms with Gasteiger partial charge >= 0.3 is 0 Å². The van der Waals surface area contributed by atoms with Crippen molar-refractivity contribution in [2.45, 2.75) is 49.8 Å². The molecular weight excluding hydrogens is 406 g/mol. The zero-order valence-electron chi connectivity index (χ0n) is 17.1. The van der Waals surface area contributed by atoms with Crippen molar-refractivity contribution in [1.82, 2.24) is 0 Å². The van der Waals surface area contributed by atoms with Crippen molar-refractivity contribution in [2.24, 2.45) is 10.9 Å². The number of aliphatic imine (C=N–C) groups is 1. The van der Waals surface area contributed by atoms with Crippen LogP contribution in [0.3, 0.4) is 0 Å². The summed E-state index contributed by atoms with van der Waals surface area (Å²) >= 11 is 1.45. The highest BCUT2D eigenvalue weighted by atomic mass is 32.2. The second kappa shape index (κ2) is 8.30. The molecule has 4 rings (SSSR count). The lowest BCUT2D eigenvalue weighted by Gasteiger charge is -2.25. The molecular formula is C21H29N3O3S2. The van der Waals surface area contributed by atoms with Crippen LogP contribution in [0.1, 0.15) is 38.5 Å². The fraction of sp³-hybridized carbons (Fsp3) is 0.619. The first-order valence-corrected chi connectivity index (χ1v) is 13.1. The van der Waals surface area contributed by atoms with Gasteiger partial charge < -0.3 is 9.80 Å². The molecule has 6 nitrogen and oxygen atoms in total. The molecule has 2 atom stereocenters. The fourth-order valence-corrected chi connectivity index (χ4v) is 8.50. The molecule has 2 aliphatic heterocycles. The van der Waals surface area contributed by atoms with E-state index in [0.717, 1.165) is 17.8 Å². The van der Waals surface area contributed by atoms with E-state index < -0.39 is 9.84 Å². The number of thioether (sulfide) groups is 1. The topological polar surface area (TPSA) is 70.0 Å². The summed E-state index contributed by atoms with van der Waals surface area (Å²) in [6, 6.07) is 7.84. The van der Waals surface area contributed by atoms with Gasteiger partial charge in [0, 0.05) is 37.1 Å². The summed E-state index contributed by atoms with van der Waals surface area (Å²) in [5.41, 5.74) is 1.97. The standard InChI is InChI=1S/C21H29N3O3S2/c1-23(2)16-8-10-17(11-9-16)24-18-13-29(26,27)14-19(18)28-21(24)22-20(25)12-7-15-5-3-4-6-15/h8-11,15,18-19H,3-7,12-14H2,1-2H3/t18-,19-/m1/s1. The summed E-state index contributed by atoms with van der Waals surface area (Å²) in [6.45, 7) is 0. The Hall–Kier alpha value is -1.54. The molecule has 1 saturated carbocycles. The molecule has 158 valence electrons. The van der Waals surface area contributed by atoms with Gasteiger partial charge in [0.2, 0.25) is 5.91 Å². The van der Waals surface area contributed by atoms with Crippen molar-refractivity contribution in [3.63, 3.8) is 0 Å². The van der Waals surface area contributed by atoms with Crippen LogP contribution in [-0.4, -0.2) is 56.4 Å². The van der Waals surface area contributed by atoms with Crippen LogP contribution in [-0.2, 0) is 14.6 Å². The van der Waals surface area contributed by atoms with Gasteiger partial charge in [-0.3, -0.25) is 4.79 Å². The SMILES string of the molecule is CN(C)c1ccc(N2C(=NC(=O)CCC3CCCC3)S[C@@H]3CS(=O)(=O)C[C@H]32)cc1. The first-order chi connectivity index (χ1) is 13.8. The minimum absolute atomic E-state index is 0.0603. The zero-order chi connectivity index (χ0) is 20.6. The Morgan fingerprint density at radius 3 is 2.52 bits per heavy atom. The van der Waals surface area contributed by atoms with E-state index >= 15 is 0 Å². The fourth-order valence-electron chi connectivity index (χ4n) is 4.57. The average molecular weight is 436 g/mol. The molecule has 2 saturated heterocycles. The maximum absolute atomic E-state index is 12.6. The molecule has 0 radical (unpaired) electrons. The van der Waals surface area contributed by atoms with Crippen LogP contribution in [0.2, 0.25) is 0 Å². The van der Waals surface area contributed by atoms with E-state index in [9.17, 15) is 13.2 Å². The lowest BCUT2D eigenvalue weighted by atomic mass is 10.0. The van der Waals surface area contributed by atoms with Crippen LogP contribution in [0.15, 0.2) is 29.3 Å². The summed E-state index contributed by atoms with van der Waals surface area (Å²) < 4.78 is 24.4. The van der Waals surface area contributed by atoms with E-state index in [2.05, 4.69) is 4.99 Å². The molecule has 29 heavy (non-hydrogen) atoms. The number of benzene rings is 1. The van der Waals surface area contributed by atoms with Crippen LogP contribution >= 0.6 is 11.8 Å². The number of carbonyl (C=O) groups is 1. The molecule has 1 aromatic rings. The van der Waals surface area contributed by atoms with Gasteiger partial charge in [-0.05, 0) is 36.6 Å². The van der Waals surface area contributed by atoms with E-state index in [1.54, 1.807) is 0 Å². The van der Waals surface area contributed by atoms with Gasteiger partial charge in [-0.1, -0.05) is 37.4 Å². The van der Waals surface area contributed by atoms with Crippen LogP contribution in [0.4, 0.5) is 11.4 Å². The molecule has 0 N–H and O–H groups in total. The third-order valence-corrected chi connectivity index (χ3v) is 9.38. The Morgan fingerprint density at radius 1 is 1.17 bits per heavy atom. The molecule has 1 aromatic carbocycles. The number of amidine groups is 1. The van der Waals surface area contributed by atoms with Crippen LogP contribution in [0.5, 0.6) is 0 Å². The third-order valence-electron chi connectivity index (χ3n) is 6.17. The normalized spacial score (nSPS) is 27.5. The van der Waals surface area contributed by atoms with Crippen molar-refractivity contribution in [3.05, 3.63) is 24.3 Å². The lowest BCUT2D eigenvalue weighted by molar-refractivity contribution is -0.118. The molecule has 0 aromatic heterocycles. The Labute approximate surface area is 177 Å². The van der Waals surface area contributed by atoms with Gasteiger partial charge in [-0.2, -0.15) is 4.99 Å². The first-order valence-electron chi connectivity index (χ1n) is 10.4. The summed E-state index contributed by atoms with van der Waals surface area (Å²) in [5, 5.41) is 0.596. The Morgan fingerprint density at radius 2 is 1.86 bits per heavy atom. The highest BCUT2D eigenvalue weighted by Gasteiger charge is 2.49. The zero-order valence-corrected chi connectivity index (χ0v) is 18.7. The monoisotopic (exact) mass is 435 g/mol. The maximum atomic E-state index is 12.6. The van der Waals surface area contributed by atoms with Crippen LogP contribution in [0.25, 0.3) is 0 Å². The molecule has 1 aliphatic carbocycles. The van der Waals surface area contributed by atoms with Crippen molar-refractivity contribution in [3.8, 4) is 0 Å². The Bertz CT molecular complexity index is 890. The summed E-state index contributed by atoms with van der Waals surface area (Å²) in [6.07, 6.45) is 6.40. The maximum Gasteiger partial charge on any atom is 0.248 e. The number of hydrogen-bond acceptors (Lipinski definition) is 5. The van der Waals surface area contributed by atoms with Crippen molar-refractivity contribution in [2.75, 3.05) is 35.4 Å². The van der Waals surface area contributed by atoms with E-state index in [1.807, 2.05) is 48.2 Å². The van der Waals surface area contributed by atoms with E-state index in [-0.39, 0.29) is 28.7 Å². The quantitative estimate of drug-likeness (QED) is 0.707. The van der Waals surface area contributed by atoms with Crippen molar-refractivity contribution >= 4 is 44.0 Å². The molecule has 2 heterocycles. The molecule has 3 aliphatic rings. The molecule has 0 unspecified atom stereocenters.